The molecule has 1 rings (SSSR count). The highest BCUT2D eigenvalue weighted by Gasteiger charge is 2.29. The van der Waals surface area contributed by atoms with E-state index in [2.05, 4.69) is 25.7 Å². The zero-order valence-electron chi connectivity index (χ0n) is 11.0. The molecule has 0 amide bonds. The van der Waals surface area contributed by atoms with Crippen molar-refractivity contribution in [2.24, 2.45) is 17.3 Å². The molecule has 0 aliphatic carbocycles. The highest BCUT2D eigenvalue weighted by atomic mass is 16.4. The van der Waals surface area contributed by atoms with Gasteiger partial charge in [0, 0.05) is 6.54 Å². The second-order valence-corrected chi connectivity index (χ2v) is 6.18. The summed E-state index contributed by atoms with van der Waals surface area (Å²) in [5, 5.41) is 8.87. The summed E-state index contributed by atoms with van der Waals surface area (Å²) in [5.41, 5.74) is 0.393. The van der Waals surface area contributed by atoms with E-state index in [4.69, 9.17) is 5.11 Å². The summed E-state index contributed by atoms with van der Waals surface area (Å²) in [7, 11) is 0. The maximum absolute atomic E-state index is 10.8. The van der Waals surface area contributed by atoms with Crippen LogP contribution >= 0.6 is 0 Å². The van der Waals surface area contributed by atoms with E-state index in [1.165, 1.54) is 12.8 Å². The number of hydrogen-bond donors (Lipinski definition) is 1. The summed E-state index contributed by atoms with van der Waals surface area (Å²) < 4.78 is 0. The van der Waals surface area contributed by atoms with E-state index >= 15 is 0 Å². The second-order valence-electron chi connectivity index (χ2n) is 6.18. The molecule has 3 nitrogen and oxygen atoms in total. The van der Waals surface area contributed by atoms with Crippen LogP contribution < -0.4 is 0 Å². The van der Waals surface area contributed by atoms with Gasteiger partial charge >= 0.3 is 5.97 Å². The standard InChI is InChI=1S/C13H25NO2/c1-10(12(15)16)9-14-7-5-11(6-8-14)13(2,3)4/h10-11H,5-9H2,1-4H3,(H,15,16). The molecule has 0 aromatic heterocycles. The number of rotatable bonds is 3. The van der Waals surface area contributed by atoms with Crippen molar-refractivity contribution >= 4 is 5.97 Å². The molecule has 1 aliphatic heterocycles. The largest absolute Gasteiger partial charge is 0.481 e. The zero-order chi connectivity index (χ0) is 12.3. The number of carboxylic acids is 1. The van der Waals surface area contributed by atoms with E-state index < -0.39 is 5.97 Å². The Morgan fingerprint density at radius 1 is 1.38 bits per heavy atom. The topological polar surface area (TPSA) is 40.5 Å². The summed E-state index contributed by atoms with van der Waals surface area (Å²) >= 11 is 0. The Hall–Kier alpha value is -0.570. The minimum absolute atomic E-state index is 0.244. The van der Waals surface area contributed by atoms with E-state index in [0.29, 0.717) is 12.0 Å². The third-order valence-electron chi connectivity index (χ3n) is 3.77. The molecule has 0 aromatic carbocycles. The van der Waals surface area contributed by atoms with Crippen LogP contribution in [0.2, 0.25) is 0 Å². The lowest BCUT2D eigenvalue weighted by molar-refractivity contribution is -0.141. The summed E-state index contributed by atoms with van der Waals surface area (Å²) in [6.07, 6.45) is 2.41. The summed E-state index contributed by atoms with van der Waals surface area (Å²) in [6, 6.07) is 0. The highest BCUT2D eigenvalue weighted by molar-refractivity contribution is 5.69. The van der Waals surface area contributed by atoms with Crippen molar-refractivity contribution in [2.75, 3.05) is 19.6 Å². The van der Waals surface area contributed by atoms with E-state index in [1.807, 2.05) is 0 Å². The van der Waals surface area contributed by atoms with Crippen LogP contribution in [-0.2, 0) is 4.79 Å². The molecule has 16 heavy (non-hydrogen) atoms. The van der Waals surface area contributed by atoms with Gasteiger partial charge in [-0.2, -0.15) is 0 Å². The van der Waals surface area contributed by atoms with Crippen LogP contribution in [-0.4, -0.2) is 35.6 Å². The molecule has 1 fully saturated rings. The van der Waals surface area contributed by atoms with Gasteiger partial charge in [0.2, 0.25) is 0 Å². The second kappa shape index (κ2) is 5.17. The lowest BCUT2D eigenvalue weighted by Gasteiger charge is -2.39. The first-order valence-corrected chi connectivity index (χ1v) is 6.26. The number of hydrogen-bond acceptors (Lipinski definition) is 2. The fraction of sp³-hybridized carbons (Fsp3) is 0.923. The molecule has 1 N–H and O–H groups in total. The van der Waals surface area contributed by atoms with E-state index in [-0.39, 0.29) is 5.92 Å². The Balaban J connectivity index is 2.35. The number of nitrogens with zero attached hydrogens (tertiary/aromatic N) is 1. The Morgan fingerprint density at radius 3 is 2.25 bits per heavy atom. The lowest BCUT2D eigenvalue weighted by Crippen LogP contribution is -2.41. The van der Waals surface area contributed by atoms with Crippen molar-refractivity contribution in [3.8, 4) is 0 Å². The van der Waals surface area contributed by atoms with Crippen molar-refractivity contribution in [1.82, 2.24) is 4.90 Å². The molecule has 0 aromatic rings. The van der Waals surface area contributed by atoms with Crippen LogP contribution in [0.25, 0.3) is 0 Å². The van der Waals surface area contributed by atoms with Gasteiger partial charge in [0.1, 0.15) is 0 Å². The average molecular weight is 227 g/mol. The van der Waals surface area contributed by atoms with E-state index in [9.17, 15) is 4.79 Å². The number of carboxylic acid groups (broad SMARTS) is 1. The van der Waals surface area contributed by atoms with Gasteiger partial charge in [-0.3, -0.25) is 4.79 Å². The molecular formula is C13H25NO2. The molecule has 0 bridgehead atoms. The Morgan fingerprint density at radius 2 is 1.88 bits per heavy atom. The van der Waals surface area contributed by atoms with Crippen LogP contribution in [0.3, 0.4) is 0 Å². The van der Waals surface area contributed by atoms with Crippen molar-refractivity contribution in [3.05, 3.63) is 0 Å². The van der Waals surface area contributed by atoms with Crippen molar-refractivity contribution in [1.29, 1.82) is 0 Å². The molecule has 1 atom stereocenters. The number of carbonyl (C=O) groups is 1. The smallest absolute Gasteiger partial charge is 0.307 e. The van der Waals surface area contributed by atoms with Crippen molar-refractivity contribution < 1.29 is 9.90 Å². The summed E-state index contributed by atoms with van der Waals surface area (Å²) in [4.78, 5) is 13.1. The van der Waals surface area contributed by atoms with Crippen LogP contribution in [0, 0.1) is 17.3 Å². The molecule has 1 saturated heterocycles. The highest BCUT2D eigenvalue weighted by Crippen LogP contribution is 2.34. The SMILES string of the molecule is CC(CN1CCC(C(C)(C)C)CC1)C(=O)O. The van der Waals surface area contributed by atoms with Gasteiger partial charge in [0.05, 0.1) is 5.92 Å². The molecule has 1 aliphatic rings. The summed E-state index contributed by atoms with van der Waals surface area (Å²) in [5.74, 6) is -0.145. The predicted molar refractivity (Wildman–Crippen MR) is 65.4 cm³/mol. The molecule has 3 heteroatoms. The third kappa shape index (κ3) is 3.78. The van der Waals surface area contributed by atoms with Gasteiger partial charge in [-0.1, -0.05) is 27.7 Å². The predicted octanol–water partition coefficient (Wildman–Crippen LogP) is 2.47. The molecule has 1 heterocycles. The van der Waals surface area contributed by atoms with Gasteiger partial charge in [0.25, 0.3) is 0 Å². The fourth-order valence-corrected chi connectivity index (χ4v) is 2.45. The zero-order valence-corrected chi connectivity index (χ0v) is 11.0. The normalized spacial score (nSPS) is 22.0. The Bertz CT molecular complexity index is 237. The van der Waals surface area contributed by atoms with Crippen LogP contribution in [0.15, 0.2) is 0 Å². The van der Waals surface area contributed by atoms with Crippen LogP contribution in [0.5, 0.6) is 0 Å². The van der Waals surface area contributed by atoms with Gasteiger partial charge in [-0.15, -0.1) is 0 Å². The first-order valence-electron chi connectivity index (χ1n) is 6.26. The van der Waals surface area contributed by atoms with Gasteiger partial charge in [-0.05, 0) is 37.3 Å². The third-order valence-corrected chi connectivity index (χ3v) is 3.77. The Labute approximate surface area is 98.8 Å². The minimum Gasteiger partial charge on any atom is -0.481 e. The van der Waals surface area contributed by atoms with Crippen LogP contribution in [0.1, 0.15) is 40.5 Å². The molecule has 0 spiro atoms. The minimum atomic E-state index is -0.682. The number of aliphatic carboxylic acids is 1. The van der Waals surface area contributed by atoms with Gasteiger partial charge in [0.15, 0.2) is 0 Å². The Kier molecular flexibility index (Phi) is 4.36. The van der Waals surface area contributed by atoms with Crippen molar-refractivity contribution in [2.45, 2.75) is 40.5 Å². The number of likely N-dealkylation sites (tertiary alicyclic amines) is 1. The molecule has 94 valence electrons. The summed E-state index contributed by atoms with van der Waals surface area (Å²) in [6.45, 7) is 11.5. The first-order chi connectivity index (χ1) is 7.30. The number of piperidine rings is 1. The maximum Gasteiger partial charge on any atom is 0.307 e. The van der Waals surface area contributed by atoms with Gasteiger partial charge in [-0.25, -0.2) is 0 Å². The van der Waals surface area contributed by atoms with Crippen LogP contribution in [0.4, 0.5) is 0 Å². The van der Waals surface area contributed by atoms with E-state index in [1.54, 1.807) is 6.92 Å². The van der Waals surface area contributed by atoms with Gasteiger partial charge < -0.3 is 10.0 Å². The molecule has 0 radical (unpaired) electrons. The fourth-order valence-electron chi connectivity index (χ4n) is 2.45. The average Bonchev–Trinajstić information content (AvgIpc) is 2.17. The first kappa shape index (κ1) is 13.5. The quantitative estimate of drug-likeness (QED) is 0.805. The molecule has 0 saturated carbocycles. The maximum atomic E-state index is 10.8. The lowest BCUT2D eigenvalue weighted by atomic mass is 9.75. The molecular weight excluding hydrogens is 202 g/mol. The van der Waals surface area contributed by atoms with E-state index in [0.717, 1.165) is 19.0 Å². The van der Waals surface area contributed by atoms with Crippen molar-refractivity contribution in [3.63, 3.8) is 0 Å². The molecule has 1 unspecified atom stereocenters. The monoisotopic (exact) mass is 227 g/mol.